The average molecular weight is 260 g/mol. The van der Waals surface area contributed by atoms with Crippen molar-refractivity contribution in [1.29, 1.82) is 0 Å². The van der Waals surface area contributed by atoms with Crippen LogP contribution in [0.3, 0.4) is 0 Å². The van der Waals surface area contributed by atoms with Crippen molar-refractivity contribution in [2.24, 2.45) is 5.92 Å². The summed E-state index contributed by atoms with van der Waals surface area (Å²) in [7, 11) is 0. The molecule has 0 spiro atoms. The van der Waals surface area contributed by atoms with Gasteiger partial charge in [-0.1, -0.05) is 18.2 Å². The van der Waals surface area contributed by atoms with Crippen molar-refractivity contribution in [3.05, 3.63) is 35.4 Å². The quantitative estimate of drug-likeness (QED) is 0.885. The first-order chi connectivity index (χ1) is 8.50. The normalized spacial score (nSPS) is 19.8. The van der Waals surface area contributed by atoms with Crippen LogP contribution in [0.5, 0.6) is 0 Å². The van der Waals surface area contributed by atoms with Gasteiger partial charge in [-0.2, -0.15) is 13.2 Å². The van der Waals surface area contributed by atoms with E-state index in [2.05, 4.69) is 0 Å². The standard InChI is InChI=1S/C13H15F3O2/c14-13(15,16)11-4-2-1-3-10(11)12(17)9-5-7-18-8-6-9/h1-4,9,12,17H,5-8H2. The van der Waals surface area contributed by atoms with Gasteiger partial charge < -0.3 is 9.84 Å². The molecule has 0 amide bonds. The molecule has 1 N–H and O–H groups in total. The van der Waals surface area contributed by atoms with Crippen LogP contribution in [0, 0.1) is 5.92 Å². The highest BCUT2D eigenvalue weighted by atomic mass is 19.4. The highest BCUT2D eigenvalue weighted by molar-refractivity contribution is 5.31. The van der Waals surface area contributed by atoms with Crippen LogP contribution in [-0.2, 0) is 10.9 Å². The molecule has 1 aromatic carbocycles. The van der Waals surface area contributed by atoms with Gasteiger partial charge in [0.15, 0.2) is 0 Å². The zero-order valence-corrected chi connectivity index (χ0v) is 9.78. The Morgan fingerprint density at radius 1 is 1.17 bits per heavy atom. The summed E-state index contributed by atoms with van der Waals surface area (Å²) in [5, 5.41) is 10.1. The molecular formula is C13H15F3O2. The van der Waals surface area contributed by atoms with Crippen molar-refractivity contribution in [3.8, 4) is 0 Å². The van der Waals surface area contributed by atoms with E-state index in [1.54, 1.807) is 0 Å². The largest absolute Gasteiger partial charge is 0.416 e. The van der Waals surface area contributed by atoms with Crippen LogP contribution in [0.25, 0.3) is 0 Å². The summed E-state index contributed by atoms with van der Waals surface area (Å²) in [6.07, 6.45) is -4.32. The Bertz CT molecular complexity index is 397. The molecule has 1 aliphatic rings. The van der Waals surface area contributed by atoms with E-state index in [1.807, 2.05) is 0 Å². The van der Waals surface area contributed by atoms with E-state index in [1.165, 1.54) is 18.2 Å². The minimum absolute atomic E-state index is 0.0306. The van der Waals surface area contributed by atoms with Gasteiger partial charge in [-0.3, -0.25) is 0 Å². The van der Waals surface area contributed by atoms with Crippen LogP contribution < -0.4 is 0 Å². The number of aliphatic hydroxyl groups excluding tert-OH is 1. The van der Waals surface area contributed by atoms with E-state index in [4.69, 9.17) is 4.74 Å². The van der Waals surface area contributed by atoms with Gasteiger partial charge in [-0.15, -0.1) is 0 Å². The second kappa shape index (κ2) is 5.28. The smallest absolute Gasteiger partial charge is 0.388 e. The third-order valence-corrected chi connectivity index (χ3v) is 3.30. The number of rotatable bonds is 2. The summed E-state index contributed by atoms with van der Waals surface area (Å²) in [5.41, 5.74) is -0.777. The predicted molar refractivity (Wildman–Crippen MR) is 59.9 cm³/mol. The number of halogens is 3. The molecule has 5 heteroatoms. The number of hydrogen-bond donors (Lipinski definition) is 1. The van der Waals surface area contributed by atoms with Gasteiger partial charge in [0.2, 0.25) is 0 Å². The van der Waals surface area contributed by atoms with Gasteiger partial charge in [-0.25, -0.2) is 0 Å². The maximum Gasteiger partial charge on any atom is 0.416 e. The van der Waals surface area contributed by atoms with Gasteiger partial charge in [0.1, 0.15) is 0 Å². The minimum Gasteiger partial charge on any atom is -0.388 e. The van der Waals surface area contributed by atoms with Gasteiger partial charge in [0.25, 0.3) is 0 Å². The molecule has 1 heterocycles. The first kappa shape index (κ1) is 13.4. The van der Waals surface area contributed by atoms with Crippen molar-refractivity contribution in [3.63, 3.8) is 0 Å². The second-order valence-electron chi connectivity index (χ2n) is 4.48. The summed E-state index contributed by atoms with van der Waals surface area (Å²) in [4.78, 5) is 0. The lowest BCUT2D eigenvalue weighted by Crippen LogP contribution is -2.24. The van der Waals surface area contributed by atoms with Crippen molar-refractivity contribution in [2.45, 2.75) is 25.1 Å². The number of ether oxygens (including phenoxy) is 1. The first-order valence-electron chi connectivity index (χ1n) is 5.92. The lowest BCUT2D eigenvalue weighted by atomic mass is 9.87. The van der Waals surface area contributed by atoms with Crippen LogP contribution >= 0.6 is 0 Å². The topological polar surface area (TPSA) is 29.5 Å². The second-order valence-corrected chi connectivity index (χ2v) is 4.48. The Hall–Kier alpha value is -1.07. The molecule has 0 radical (unpaired) electrons. The van der Waals surface area contributed by atoms with Crippen molar-refractivity contribution in [2.75, 3.05) is 13.2 Å². The maximum atomic E-state index is 12.8. The summed E-state index contributed by atoms with van der Waals surface area (Å²) in [6, 6.07) is 5.22. The zero-order chi connectivity index (χ0) is 13.2. The average Bonchev–Trinajstić information content (AvgIpc) is 2.38. The van der Waals surface area contributed by atoms with Crippen molar-refractivity contribution >= 4 is 0 Å². The number of alkyl halides is 3. The Morgan fingerprint density at radius 2 is 1.78 bits per heavy atom. The van der Waals surface area contributed by atoms with Crippen molar-refractivity contribution < 1.29 is 23.0 Å². The highest BCUT2D eigenvalue weighted by Gasteiger charge is 2.36. The number of hydrogen-bond acceptors (Lipinski definition) is 2. The molecule has 0 bridgehead atoms. The summed E-state index contributed by atoms with van der Waals surface area (Å²) >= 11 is 0. The van der Waals surface area contributed by atoms with E-state index in [-0.39, 0.29) is 11.5 Å². The summed E-state index contributed by atoms with van der Waals surface area (Å²) in [6.45, 7) is 0.992. The van der Waals surface area contributed by atoms with Gasteiger partial charge >= 0.3 is 6.18 Å². The third kappa shape index (κ3) is 2.84. The monoisotopic (exact) mass is 260 g/mol. The Kier molecular flexibility index (Phi) is 3.92. The molecule has 100 valence electrons. The molecule has 18 heavy (non-hydrogen) atoms. The van der Waals surface area contributed by atoms with Crippen molar-refractivity contribution in [1.82, 2.24) is 0 Å². The van der Waals surface area contributed by atoms with Crippen LogP contribution in [-0.4, -0.2) is 18.3 Å². The molecule has 1 fully saturated rings. The first-order valence-corrected chi connectivity index (χ1v) is 5.92. The molecule has 1 aliphatic heterocycles. The lowest BCUT2D eigenvalue weighted by Gasteiger charge is -2.28. The zero-order valence-electron chi connectivity index (χ0n) is 9.78. The Balaban J connectivity index is 2.26. The van der Waals surface area contributed by atoms with Gasteiger partial charge in [0.05, 0.1) is 11.7 Å². The van der Waals surface area contributed by atoms with Crippen LogP contribution in [0.15, 0.2) is 24.3 Å². The minimum atomic E-state index is -4.43. The fourth-order valence-electron chi connectivity index (χ4n) is 2.30. The Labute approximate surface area is 103 Å². The fraction of sp³-hybridized carbons (Fsp3) is 0.538. The molecule has 2 rings (SSSR count). The van der Waals surface area contributed by atoms with Gasteiger partial charge in [-0.05, 0) is 30.4 Å². The van der Waals surface area contributed by atoms with Gasteiger partial charge in [0, 0.05) is 13.2 Å². The van der Waals surface area contributed by atoms with Crippen LogP contribution in [0.4, 0.5) is 13.2 Å². The van der Waals surface area contributed by atoms with E-state index < -0.39 is 17.8 Å². The molecule has 1 saturated heterocycles. The number of benzene rings is 1. The Morgan fingerprint density at radius 3 is 2.39 bits per heavy atom. The predicted octanol–water partition coefficient (Wildman–Crippen LogP) is 3.17. The molecule has 0 saturated carbocycles. The van der Waals surface area contributed by atoms with Crippen LogP contribution in [0.1, 0.15) is 30.1 Å². The molecule has 0 aliphatic carbocycles. The highest BCUT2D eigenvalue weighted by Crippen LogP contribution is 2.38. The summed E-state index contributed by atoms with van der Waals surface area (Å²) < 4.78 is 43.7. The fourth-order valence-corrected chi connectivity index (χ4v) is 2.30. The molecule has 0 aromatic heterocycles. The van der Waals surface area contributed by atoms with Crippen LogP contribution in [0.2, 0.25) is 0 Å². The van der Waals surface area contributed by atoms with E-state index in [0.717, 1.165) is 6.07 Å². The van der Waals surface area contributed by atoms with E-state index >= 15 is 0 Å². The molecule has 1 aromatic rings. The maximum absolute atomic E-state index is 12.8. The third-order valence-electron chi connectivity index (χ3n) is 3.30. The molecule has 2 nitrogen and oxygen atoms in total. The molecule has 1 atom stereocenters. The number of aliphatic hydroxyl groups is 1. The molecular weight excluding hydrogens is 245 g/mol. The van der Waals surface area contributed by atoms with E-state index in [0.29, 0.717) is 26.1 Å². The summed E-state index contributed by atoms with van der Waals surface area (Å²) in [5.74, 6) is -0.165. The van der Waals surface area contributed by atoms with E-state index in [9.17, 15) is 18.3 Å². The molecule has 1 unspecified atom stereocenters. The lowest BCUT2D eigenvalue weighted by molar-refractivity contribution is -0.139. The SMILES string of the molecule is OC(c1ccccc1C(F)(F)F)C1CCOCC1.